The van der Waals surface area contributed by atoms with Gasteiger partial charge in [0.15, 0.2) is 0 Å². The second kappa shape index (κ2) is 12.2. The van der Waals surface area contributed by atoms with E-state index in [1.165, 1.54) is 0 Å². The molecule has 3 amide bonds. The van der Waals surface area contributed by atoms with E-state index in [0.29, 0.717) is 31.1 Å². The van der Waals surface area contributed by atoms with Gasteiger partial charge in [-0.05, 0) is 85.7 Å². The third-order valence-corrected chi connectivity index (χ3v) is 7.77. The van der Waals surface area contributed by atoms with Crippen LogP contribution in [0.15, 0.2) is 51.9 Å². The van der Waals surface area contributed by atoms with Crippen LogP contribution in [0.1, 0.15) is 59.1 Å². The molecule has 0 unspecified atom stereocenters. The maximum atomic E-state index is 13.2. The molecule has 9 heteroatoms. The van der Waals surface area contributed by atoms with Crippen LogP contribution in [0.5, 0.6) is 0 Å². The Morgan fingerprint density at radius 2 is 2.11 bits per heavy atom. The number of urea groups is 1. The molecule has 3 N–H and O–H groups in total. The summed E-state index contributed by atoms with van der Waals surface area (Å²) in [5.74, 6) is 0.324. The third-order valence-electron chi connectivity index (χ3n) is 7.03. The van der Waals surface area contributed by atoms with Crippen molar-refractivity contribution >= 4 is 23.3 Å². The Kier molecular flexibility index (Phi) is 8.77. The lowest BCUT2D eigenvalue weighted by atomic mass is 9.98. The number of primary amides is 1. The van der Waals surface area contributed by atoms with E-state index in [-0.39, 0.29) is 12.1 Å². The number of aryl methyl sites for hydroxylation is 2. The summed E-state index contributed by atoms with van der Waals surface area (Å²) >= 11 is 1.65. The minimum Gasteiger partial charge on any atom is -0.467 e. The molecular weight excluding hydrogens is 474 g/mol. The summed E-state index contributed by atoms with van der Waals surface area (Å²) in [4.78, 5) is 33.9. The number of hydrogen-bond acceptors (Lipinski definition) is 6. The lowest BCUT2D eigenvalue weighted by molar-refractivity contribution is 0.0940. The van der Waals surface area contributed by atoms with Crippen LogP contribution < -0.4 is 11.1 Å². The van der Waals surface area contributed by atoms with E-state index in [1.807, 2.05) is 35.4 Å². The number of nitrogens with two attached hydrogens (primary N) is 1. The fourth-order valence-corrected chi connectivity index (χ4v) is 5.59. The molecule has 0 bridgehead atoms. The van der Waals surface area contributed by atoms with Crippen molar-refractivity contribution in [1.29, 1.82) is 0 Å². The molecule has 8 nitrogen and oxygen atoms in total. The number of carbonyl (C=O) groups excluding carboxylic acids is 2. The zero-order valence-corrected chi connectivity index (χ0v) is 21.8. The standard InChI is InChI=1S/C27H35N5O3S/c1-19-7-11-29-24(25(19)26(28)33)6-5-20(2)31-12-8-22(9-13-31)32(17-21-10-15-36-18-21)27(34)30-16-23-4-3-14-35-23/h3-4,7,10-11,14-15,18,20,22H,5-6,8-9,12-13,16-17H2,1-2H3,(H2,28,33)(H,30,34)/t20-/m1/s1. The third kappa shape index (κ3) is 6.53. The van der Waals surface area contributed by atoms with Crippen LogP contribution in [0, 0.1) is 6.92 Å². The Morgan fingerprint density at radius 3 is 2.78 bits per heavy atom. The summed E-state index contributed by atoms with van der Waals surface area (Å²) in [6.45, 7) is 6.93. The van der Waals surface area contributed by atoms with Crippen LogP contribution in [0.2, 0.25) is 0 Å². The summed E-state index contributed by atoms with van der Waals surface area (Å²) < 4.78 is 5.37. The first kappa shape index (κ1) is 25.9. The molecule has 4 heterocycles. The summed E-state index contributed by atoms with van der Waals surface area (Å²) in [6.07, 6.45) is 6.79. The Bertz CT molecular complexity index is 1120. The predicted molar refractivity (Wildman–Crippen MR) is 141 cm³/mol. The molecule has 0 radical (unpaired) electrons. The minimum absolute atomic E-state index is 0.0615. The second-order valence-corrected chi connectivity index (χ2v) is 10.2. The lowest BCUT2D eigenvalue weighted by Crippen LogP contribution is -2.51. The first-order chi connectivity index (χ1) is 17.4. The summed E-state index contributed by atoms with van der Waals surface area (Å²) in [5, 5.41) is 7.17. The number of amides is 3. The highest BCUT2D eigenvalue weighted by Crippen LogP contribution is 2.23. The van der Waals surface area contributed by atoms with Crippen LogP contribution >= 0.6 is 11.3 Å². The number of furan rings is 1. The van der Waals surface area contributed by atoms with Crippen molar-refractivity contribution in [2.45, 2.75) is 64.7 Å². The van der Waals surface area contributed by atoms with Crippen molar-refractivity contribution in [3.05, 3.63) is 75.6 Å². The van der Waals surface area contributed by atoms with Crippen molar-refractivity contribution in [2.24, 2.45) is 5.73 Å². The van der Waals surface area contributed by atoms with E-state index in [1.54, 1.807) is 23.8 Å². The number of nitrogens with zero attached hydrogens (tertiary/aromatic N) is 3. The summed E-state index contributed by atoms with van der Waals surface area (Å²) in [5.41, 5.74) is 8.95. The van der Waals surface area contributed by atoms with E-state index in [4.69, 9.17) is 10.2 Å². The molecule has 0 saturated carbocycles. The number of pyridine rings is 1. The Morgan fingerprint density at radius 1 is 1.31 bits per heavy atom. The van der Waals surface area contributed by atoms with Crippen LogP contribution in [0.4, 0.5) is 4.79 Å². The van der Waals surface area contributed by atoms with E-state index < -0.39 is 5.91 Å². The Balaban J connectivity index is 1.33. The highest BCUT2D eigenvalue weighted by molar-refractivity contribution is 7.07. The average molecular weight is 510 g/mol. The first-order valence-corrected chi connectivity index (χ1v) is 13.4. The number of piperidine rings is 1. The molecule has 3 aromatic heterocycles. The van der Waals surface area contributed by atoms with E-state index in [9.17, 15) is 9.59 Å². The van der Waals surface area contributed by atoms with Crippen molar-refractivity contribution in [2.75, 3.05) is 13.1 Å². The van der Waals surface area contributed by atoms with Gasteiger partial charge in [0, 0.05) is 37.9 Å². The fraction of sp³-hybridized carbons (Fsp3) is 0.444. The van der Waals surface area contributed by atoms with Gasteiger partial charge in [0.2, 0.25) is 0 Å². The van der Waals surface area contributed by atoms with Gasteiger partial charge >= 0.3 is 6.03 Å². The molecule has 1 atom stereocenters. The molecule has 0 aliphatic carbocycles. The van der Waals surface area contributed by atoms with Crippen molar-refractivity contribution in [1.82, 2.24) is 20.1 Å². The van der Waals surface area contributed by atoms with Gasteiger partial charge in [-0.1, -0.05) is 0 Å². The SMILES string of the molecule is Cc1ccnc(CC[C@@H](C)N2CCC(N(Cc3ccsc3)C(=O)NCc3ccco3)CC2)c1C(N)=O. The number of thiophene rings is 1. The van der Waals surface area contributed by atoms with Gasteiger partial charge in [-0.15, -0.1) is 0 Å². The Labute approximate surface area is 216 Å². The zero-order chi connectivity index (χ0) is 25.5. The van der Waals surface area contributed by atoms with E-state index >= 15 is 0 Å². The monoisotopic (exact) mass is 509 g/mol. The molecule has 192 valence electrons. The predicted octanol–water partition coefficient (Wildman–Crippen LogP) is 4.34. The molecule has 1 aliphatic rings. The number of carbonyl (C=O) groups is 2. The van der Waals surface area contributed by atoms with Gasteiger partial charge in [0.05, 0.1) is 24.1 Å². The maximum absolute atomic E-state index is 13.2. The maximum Gasteiger partial charge on any atom is 0.318 e. The minimum atomic E-state index is -0.417. The van der Waals surface area contributed by atoms with Gasteiger partial charge in [-0.25, -0.2) is 4.79 Å². The van der Waals surface area contributed by atoms with Crippen molar-refractivity contribution in [3.63, 3.8) is 0 Å². The summed E-state index contributed by atoms with van der Waals surface area (Å²) in [7, 11) is 0. The number of aromatic nitrogens is 1. The number of likely N-dealkylation sites (tertiary alicyclic amines) is 1. The molecule has 0 aromatic carbocycles. The smallest absolute Gasteiger partial charge is 0.318 e. The van der Waals surface area contributed by atoms with Crippen molar-refractivity contribution in [3.8, 4) is 0 Å². The zero-order valence-electron chi connectivity index (χ0n) is 21.0. The Hall–Kier alpha value is -3.17. The highest BCUT2D eigenvalue weighted by Gasteiger charge is 2.30. The van der Waals surface area contributed by atoms with Gasteiger partial charge in [-0.2, -0.15) is 11.3 Å². The highest BCUT2D eigenvalue weighted by atomic mass is 32.1. The number of rotatable bonds is 10. The van der Waals surface area contributed by atoms with Gasteiger partial charge in [-0.3, -0.25) is 9.78 Å². The quantitative estimate of drug-likeness (QED) is 0.423. The van der Waals surface area contributed by atoms with E-state index in [2.05, 4.69) is 33.6 Å². The number of hydrogen-bond donors (Lipinski definition) is 2. The van der Waals surface area contributed by atoms with Crippen LogP contribution in [-0.2, 0) is 19.5 Å². The molecule has 36 heavy (non-hydrogen) atoms. The van der Waals surface area contributed by atoms with E-state index in [0.717, 1.165) is 54.9 Å². The van der Waals surface area contributed by atoms with Crippen molar-refractivity contribution < 1.29 is 14.0 Å². The molecule has 4 rings (SSSR count). The van der Waals surface area contributed by atoms with Gasteiger partial charge in [0.1, 0.15) is 5.76 Å². The molecule has 0 spiro atoms. The molecule has 1 saturated heterocycles. The molecule has 3 aromatic rings. The van der Waals surface area contributed by atoms with Crippen LogP contribution in [0.25, 0.3) is 0 Å². The lowest BCUT2D eigenvalue weighted by Gasteiger charge is -2.40. The average Bonchev–Trinajstić information content (AvgIpc) is 3.59. The van der Waals surface area contributed by atoms with Crippen LogP contribution in [-0.4, -0.2) is 51.9 Å². The van der Waals surface area contributed by atoms with Gasteiger partial charge in [0.25, 0.3) is 5.91 Å². The second-order valence-electron chi connectivity index (χ2n) is 9.47. The molecule has 1 fully saturated rings. The normalized spacial score (nSPS) is 15.5. The first-order valence-electron chi connectivity index (χ1n) is 12.5. The fourth-order valence-electron chi connectivity index (χ4n) is 4.93. The molecule has 1 aliphatic heterocycles. The van der Waals surface area contributed by atoms with Gasteiger partial charge < -0.3 is 25.3 Å². The molecular formula is C27H35N5O3S. The summed E-state index contributed by atoms with van der Waals surface area (Å²) in [6, 6.07) is 8.04. The van der Waals surface area contributed by atoms with Crippen LogP contribution in [0.3, 0.4) is 0 Å². The largest absolute Gasteiger partial charge is 0.467 e. The number of nitrogens with one attached hydrogen (secondary N) is 1. The topological polar surface area (TPSA) is 105 Å².